The minimum Gasteiger partial charge on any atom is -0.255 e. The Balaban J connectivity index is 1.89. The number of nitrogens with one attached hydrogen (secondary N) is 1. The van der Waals surface area contributed by atoms with Crippen molar-refractivity contribution in [1.29, 1.82) is 0 Å². The lowest BCUT2D eigenvalue weighted by Gasteiger charge is -2.05. The van der Waals surface area contributed by atoms with Gasteiger partial charge in [-0.2, -0.15) is 0 Å². The number of allylic oxidation sites excluding steroid dienone is 7. The van der Waals surface area contributed by atoms with Gasteiger partial charge in [-0.1, -0.05) is 54.4 Å². The van der Waals surface area contributed by atoms with Crippen molar-refractivity contribution in [1.82, 2.24) is 4.72 Å². The zero-order valence-electron chi connectivity index (χ0n) is 15.0. The average molecular weight is 348 g/mol. The monoisotopic (exact) mass is 347 g/mol. The van der Waals surface area contributed by atoms with Gasteiger partial charge in [-0.05, 0) is 74.6 Å². The van der Waals surface area contributed by atoms with Crippen LogP contribution in [0.15, 0.2) is 88.9 Å². The van der Waals surface area contributed by atoms with Gasteiger partial charge in [-0.3, -0.25) is 4.72 Å². The third kappa shape index (κ3) is 7.05. The lowest BCUT2D eigenvalue weighted by Crippen LogP contribution is -2.06. The summed E-state index contributed by atoms with van der Waals surface area (Å²) in [6.45, 7) is 8.73. The molecule has 1 aromatic carbocycles. The van der Waals surface area contributed by atoms with E-state index in [0.717, 1.165) is 30.5 Å². The van der Waals surface area contributed by atoms with Crippen LogP contribution in [-0.4, -0.2) is 6.54 Å². The summed E-state index contributed by atoms with van der Waals surface area (Å²) in [6, 6.07) is 8.35. The van der Waals surface area contributed by atoms with Gasteiger partial charge in [0.25, 0.3) is 0 Å². The highest BCUT2D eigenvalue weighted by Crippen LogP contribution is 2.17. The van der Waals surface area contributed by atoms with Gasteiger partial charge in [-0.25, -0.2) is 0 Å². The molecule has 0 radical (unpaired) electrons. The van der Waals surface area contributed by atoms with Gasteiger partial charge < -0.3 is 0 Å². The maximum atomic E-state index is 3.75. The van der Waals surface area contributed by atoms with Gasteiger partial charge in [0, 0.05) is 22.6 Å². The van der Waals surface area contributed by atoms with E-state index in [9.17, 15) is 0 Å². The highest BCUT2D eigenvalue weighted by atomic mass is 32.2. The minimum atomic E-state index is 0.794. The van der Waals surface area contributed by atoms with Crippen LogP contribution in [0, 0.1) is 11.8 Å². The first kappa shape index (κ1) is 19.1. The summed E-state index contributed by atoms with van der Waals surface area (Å²) in [7, 11) is 0. The standard InChI is InChI=1S/C23H25NS/c1-4-7-22(8-5-2)18-24-25-23-15-13-20(14-16-23)11-12-21-10-6-9-19(3)17-21/h4-5,7-8,10,13-17,24H,1,6,9,18H2,2-3H3/b8-5-,22-7+. The number of benzene rings is 1. The molecule has 1 aliphatic rings. The predicted octanol–water partition coefficient (Wildman–Crippen LogP) is 5.99. The molecular formula is C23H25NS. The molecule has 1 nitrogen and oxygen atoms in total. The highest BCUT2D eigenvalue weighted by molar-refractivity contribution is 7.97. The molecule has 0 amide bonds. The molecule has 0 saturated heterocycles. The molecule has 0 saturated carbocycles. The SMILES string of the molecule is C=C/C=C(\C=C/C)CNSc1ccc(C#CC2=CCCC(C)=C2)cc1. The Labute approximate surface area is 156 Å². The van der Waals surface area contributed by atoms with E-state index in [0.29, 0.717) is 0 Å². The van der Waals surface area contributed by atoms with Gasteiger partial charge in [0.2, 0.25) is 0 Å². The molecule has 0 aliphatic heterocycles. The lowest BCUT2D eigenvalue weighted by molar-refractivity contribution is 0.954. The quantitative estimate of drug-likeness (QED) is 0.385. The Kier molecular flexibility index (Phi) is 8.12. The van der Waals surface area contributed by atoms with Crippen LogP contribution >= 0.6 is 11.9 Å². The topological polar surface area (TPSA) is 12.0 Å². The molecule has 0 bridgehead atoms. The first-order valence-electron chi connectivity index (χ1n) is 8.54. The molecule has 0 spiro atoms. The third-order valence-electron chi connectivity index (χ3n) is 3.69. The number of hydrogen-bond acceptors (Lipinski definition) is 2. The summed E-state index contributed by atoms with van der Waals surface area (Å²) in [4.78, 5) is 1.18. The summed E-state index contributed by atoms with van der Waals surface area (Å²) < 4.78 is 3.38. The average Bonchev–Trinajstić information content (AvgIpc) is 2.61. The highest BCUT2D eigenvalue weighted by Gasteiger charge is 1.99. The molecule has 0 unspecified atom stereocenters. The molecule has 0 fully saturated rings. The smallest absolute Gasteiger partial charge is 0.0313 e. The summed E-state index contributed by atoms with van der Waals surface area (Å²) in [5.74, 6) is 6.51. The van der Waals surface area contributed by atoms with E-state index in [-0.39, 0.29) is 0 Å². The van der Waals surface area contributed by atoms with Crippen molar-refractivity contribution in [3.8, 4) is 11.8 Å². The summed E-state index contributed by atoms with van der Waals surface area (Å²) in [5.41, 5.74) is 4.79. The van der Waals surface area contributed by atoms with Crippen molar-refractivity contribution in [3.63, 3.8) is 0 Å². The molecule has 0 heterocycles. The van der Waals surface area contributed by atoms with Gasteiger partial charge >= 0.3 is 0 Å². The van der Waals surface area contributed by atoms with Crippen molar-refractivity contribution in [2.45, 2.75) is 31.6 Å². The molecule has 1 N–H and O–H groups in total. The Hall–Kier alpha value is -2.21. The molecule has 25 heavy (non-hydrogen) atoms. The van der Waals surface area contributed by atoms with E-state index in [1.807, 2.05) is 25.2 Å². The van der Waals surface area contributed by atoms with Crippen LogP contribution in [0.3, 0.4) is 0 Å². The molecule has 128 valence electrons. The Bertz CT molecular complexity index is 765. The van der Waals surface area contributed by atoms with E-state index in [1.54, 1.807) is 11.9 Å². The van der Waals surface area contributed by atoms with Crippen molar-refractivity contribution in [2.24, 2.45) is 0 Å². The molecule has 2 rings (SSSR count). The van der Waals surface area contributed by atoms with Crippen molar-refractivity contribution < 1.29 is 0 Å². The van der Waals surface area contributed by atoms with Crippen molar-refractivity contribution in [3.05, 3.63) is 89.6 Å². The zero-order valence-corrected chi connectivity index (χ0v) is 15.8. The minimum absolute atomic E-state index is 0.794. The second kappa shape index (κ2) is 10.6. The fourth-order valence-corrected chi connectivity index (χ4v) is 3.11. The first-order valence-corrected chi connectivity index (χ1v) is 9.36. The second-order valence-electron chi connectivity index (χ2n) is 5.86. The fraction of sp³-hybridized carbons (Fsp3) is 0.217. The van der Waals surface area contributed by atoms with Crippen molar-refractivity contribution >= 4 is 11.9 Å². The zero-order chi connectivity index (χ0) is 17.9. The van der Waals surface area contributed by atoms with E-state index >= 15 is 0 Å². The van der Waals surface area contributed by atoms with E-state index in [1.165, 1.54) is 16.0 Å². The molecule has 2 heteroatoms. The van der Waals surface area contributed by atoms with Crippen LogP contribution in [0.5, 0.6) is 0 Å². The lowest BCUT2D eigenvalue weighted by atomic mass is 10.0. The Morgan fingerprint density at radius 1 is 1.28 bits per heavy atom. The second-order valence-corrected chi connectivity index (χ2v) is 6.83. The van der Waals surface area contributed by atoms with Crippen LogP contribution in [-0.2, 0) is 0 Å². The maximum Gasteiger partial charge on any atom is 0.0313 e. The summed E-state index contributed by atoms with van der Waals surface area (Å²) >= 11 is 1.63. The van der Waals surface area contributed by atoms with Crippen LogP contribution in [0.1, 0.15) is 32.3 Å². The molecule has 1 aliphatic carbocycles. The first-order chi connectivity index (χ1) is 12.2. The molecule has 1 aromatic rings. The van der Waals surface area contributed by atoms with Gasteiger partial charge in [-0.15, -0.1) is 0 Å². The van der Waals surface area contributed by atoms with Crippen LogP contribution in [0.2, 0.25) is 0 Å². The van der Waals surface area contributed by atoms with E-state index in [2.05, 4.69) is 72.6 Å². The Morgan fingerprint density at radius 3 is 2.76 bits per heavy atom. The Morgan fingerprint density at radius 2 is 2.08 bits per heavy atom. The normalized spacial score (nSPS) is 14.6. The van der Waals surface area contributed by atoms with E-state index in [4.69, 9.17) is 0 Å². The number of hydrogen-bond donors (Lipinski definition) is 1. The predicted molar refractivity (Wildman–Crippen MR) is 111 cm³/mol. The molecular weight excluding hydrogens is 322 g/mol. The van der Waals surface area contributed by atoms with E-state index < -0.39 is 0 Å². The van der Waals surface area contributed by atoms with Crippen LogP contribution < -0.4 is 4.72 Å². The van der Waals surface area contributed by atoms with Crippen LogP contribution in [0.25, 0.3) is 0 Å². The number of rotatable bonds is 6. The maximum absolute atomic E-state index is 3.75. The largest absolute Gasteiger partial charge is 0.255 e. The van der Waals surface area contributed by atoms with Gasteiger partial charge in [0.05, 0.1) is 0 Å². The third-order valence-corrected chi connectivity index (χ3v) is 4.49. The van der Waals surface area contributed by atoms with Crippen LogP contribution in [0.4, 0.5) is 0 Å². The van der Waals surface area contributed by atoms with Crippen molar-refractivity contribution in [2.75, 3.05) is 6.54 Å². The molecule has 0 atom stereocenters. The summed E-state index contributed by atoms with van der Waals surface area (Å²) in [6.07, 6.45) is 14.6. The van der Waals surface area contributed by atoms with Gasteiger partial charge in [0.15, 0.2) is 0 Å². The molecule has 0 aromatic heterocycles. The summed E-state index contributed by atoms with van der Waals surface area (Å²) in [5, 5.41) is 0. The van der Waals surface area contributed by atoms with Gasteiger partial charge in [0.1, 0.15) is 0 Å². The fourth-order valence-electron chi connectivity index (χ4n) is 2.43.